The van der Waals surface area contributed by atoms with Crippen LogP contribution in [0.3, 0.4) is 0 Å². The molecule has 15 heavy (non-hydrogen) atoms. The van der Waals surface area contributed by atoms with E-state index >= 15 is 0 Å². The molecule has 0 aromatic heterocycles. The molecule has 0 N–H and O–H groups in total. The van der Waals surface area contributed by atoms with E-state index in [1.807, 2.05) is 6.92 Å². The van der Waals surface area contributed by atoms with Gasteiger partial charge in [-0.1, -0.05) is 6.92 Å². The second-order valence-corrected chi connectivity index (χ2v) is 3.22. The van der Waals surface area contributed by atoms with E-state index in [-0.39, 0.29) is 11.9 Å². The van der Waals surface area contributed by atoms with Crippen LogP contribution in [0.5, 0.6) is 0 Å². The summed E-state index contributed by atoms with van der Waals surface area (Å²) in [5, 5.41) is 0. The molecule has 0 atom stereocenters. The smallest absolute Gasteiger partial charge is 0.335 e. The van der Waals surface area contributed by atoms with E-state index in [0.29, 0.717) is 24.3 Å². The number of esters is 1. The summed E-state index contributed by atoms with van der Waals surface area (Å²) in [6.45, 7) is 7.18. The van der Waals surface area contributed by atoms with Crippen molar-refractivity contribution in [2.75, 3.05) is 13.7 Å². The van der Waals surface area contributed by atoms with Gasteiger partial charge in [-0.2, -0.15) is 0 Å². The van der Waals surface area contributed by atoms with Gasteiger partial charge < -0.3 is 9.64 Å². The summed E-state index contributed by atoms with van der Waals surface area (Å²) in [5.41, 5.74) is 1.21. The third-order valence-electron chi connectivity index (χ3n) is 2.29. The highest BCUT2D eigenvalue weighted by Gasteiger charge is 2.16. The maximum atomic E-state index is 11.5. The monoisotopic (exact) mass is 213 g/mol. The first-order valence-electron chi connectivity index (χ1n) is 5.06. The predicted molar refractivity (Wildman–Crippen MR) is 58.1 cm³/mol. The molecule has 0 aliphatic heterocycles. The Labute approximate surface area is 90.9 Å². The summed E-state index contributed by atoms with van der Waals surface area (Å²) in [5.74, 6) is -0.437. The van der Waals surface area contributed by atoms with Crippen molar-refractivity contribution in [2.24, 2.45) is 0 Å². The minimum Gasteiger partial charge on any atom is -0.463 e. The Kier molecular flexibility index (Phi) is 5.67. The van der Waals surface area contributed by atoms with Crippen LogP contribution in [0, 0.1) is 0 Å². The van der Waals surface area contributed by atoms with Gasteiger partial charge in [0.15, 0.2) is 0 Å². The Bertz CT molecular complexity index is 282. The minimum absolute atomic E-state index is 0.0947. The van der Waals surface area contributed by atoms with Crippen molar-refractivity contribution in [3.8, 4) is 0 Å². The Morgan fingerprint density at radius 1 is 1.20 bits per heavy atom. The van der Waals surface area contributed by atoms with Crippen molar-refractivity contribution in [3.63, 3.8) is 0 Å². The summed E-state index contributed by atoms with van der Waals surface area (Å²) >= 11 is 0. The minimum atomic E-state index is -0.342. The van der Waals surface area contributed by atoms with E-state index in [9.17, 15) is 9.59 Å². The Morgan fingerprint density at radius 2 is 1.73 bits per heavy atom. The highest BCUT2D eigenvalue weighted by atomic mass is 16.5. The third-order valence-corrected chi connectivity index (χ3v) is 2.29. The number of amides is 1. The van der Waals surface area contributed by atoms with Crippen LogP contribution in [0.2, 0.25) is 0 Å². The molecule has 0 unspecified atom stereocenters. The van der Waals surface area contributed by atoms with Gasteiger partial charge in [-0.25, -0.2) is 4.79 Å². The molecule has 0 aliphatic carbocycles. The Morgan fingerprint density at radius 3 is 2.07 bits per heavy atom. The van der Waals surface area contributed by atoms with Gasteiger partial charge in [-0.05, 0) is 20.3 Å². The van der Waals surface area contributed by atoms with Crippen LogP contribution in [-0.4, -0.2) is 30.4 Å². The first-order valence-corrected chi connectivity index (χ1v) is 5.06. The molecule has 0 aliphatic rings. The van der Waals surface area contributed by atoms with E-state index in [4.69, 9.17) is 4.74 Å². The molecule has 0 saturated heterocycles. The van der Waals surface area contributed by atoms with Crippen LogP contribution in [0.1, 0.15) is 34.1 Å². The fourth-order valence-electron chi connectivity index (χ4n) is 1.20. The number of ether oxygens (including phenoxy) is 1. The van der Waals surface area contributed by atoms with Crippen molar-refractivity contribution in [1.29, 1.82) is 0 Å². The normalized spacial score (nSPS) is 11.8. The molecule has 0 fully saturated rings. The van der Waals surface area contributed by atoms with Crippen LogP contribution in [-0.2, 0) is 14.3 Å². The van der Waals surface area contributed by atoms with Crippen molar-refractivity contribution >= 4 is 11.9 Å². The first kappa shape index (κ1) is 13.7. The molecule has 0 radical (unpaired) electrons. The lowest BCUT2D eigenvalue weighted by Gasteiger charge is -2.18. The zero-order chi connectivity index (χ0) is 12.0. The fourth-order valence-corrected chi connectivity index (χ4v) is 1.20. The van der Waals surface area contributed by atoms with Crippen LogP contribution >= 0.6 is 0 Å². The van der Waals surface area contributed by atoms with Crippen LogP contribution in [0.15, 0.2) is 11.3 Å². The molecule has 86 valence electrons. The largest absolute Gasteiger partial charge is 0.463 e. The second kappa shape index (κ2) is 6.22. The number of hydrogen-bond donors (Lipinski definition) is 0. The van der Waals surface area contributed by atoms with Crippen LogP contribution in [0.4, 0.5) is 0 Å². The number of carbonyl (C=O) groups is 2. The summed E-state index contributed by atoms with van der Waals surface area (Å²) in [6, 6.07) is 0. The lowest BCUT2D eigenvalue weighted by atomic mass is 10.1. The van der Waals surface area contributed by atoms with Crippen molar-refractivity contribution in [2.45, 2.75) is 34.1 Å². The van der Waals surface area contributed by atoms with E-state index in [1.54, 1.807) is 20.9 Å². The Balaban J connectivity index is 4.96. The number of nitrogens with zero attached hydrogens (tertiary/aromatic N) is 1. The van der Waals surface area contributed by atoms with Gasteiger partial charge in [0.2, 0.25) is 5.91 Å². The quantitative estimate of drug-likeness (QED) is 0.527. The van der Waals surface area contributed by atoms with Crippen LogP contribution < -0.4 is 0 Å². The maximum absolute atomic E-state index is 11.5. The SMILES string of the molecule is CCOC(=O)/C(CC)=C(/C)N(C)C(C)=O. The molecular weight excluding hydrogens is 194 g/mol. The van der Waals surface area contributed by atoms with Crippen molar-refractivity contribution < 1.29 is 14.3 Å². The predicted octanol–water partition coefficient (Wildman–Crippen LogP) is 1.71. The molecular formula is C11H19NO3. The van der Waals surface area contributed by atoms with Gasteiger partial charge in [-0.3, -0.25) is 4.79 Å². The summed E-state index contributed by atoms with van der Waals surface area (Å²) in [6.07, 6.45) is 0.558. The number of hydrogen-bond acceptors (Lipinski definition) is 3. The number of allylic oxidation sites excluding steroid dienone is 1. The zero-order valence-corrected chi connectivity index (χ0v) is 10.1. The second-order valence-electron chi connectivity index (χ2n) is 3.22. The van der Waals surface area contributed by atoms with E-state index in [0.717, 1.165) is 0 Å². The highest BCUT2D eigenvalue weighted by molar-refractivity contribution is 5.90. The van der Waals surface area contributed by atoms with Gasteiger partial charge in [0.05, 0.1) is 12.2 Å². The Hall–Kier alpha value is -1.32. The molecule has 0 spiro atoms. The number of rotatable bonds is 4. The zero-order valence-electron chi connectivity index (χ0n) is 10.1. The van der Waals surface area contributed by atoms with E-state index in [2.05, 4.69) is 0 Å². The summed E-state index contributed by atoms with van der Waals surface area (Å²) < 4.78 is 4.91. The lowest BCUT2D eigenvalue weighted by Crippen LogP contribution is -2.25. The van der Waals surface area contributed by atoms with Gasteiger partial charge in [0, 0.05) is 19.7 Å². The molecule has 1 amide bonds. The molecule has 4 nitrogen and oxygen atoms in total. The van der Waals surface area contributed by atoms with E-state index in [1.165, 1.54) is 11.8 Å². The fraction of sp³-hybridized carbons (Fsp3) is 0.636. The highest BCUT2D eigenvalue weighted by Crippen LogP contribution is 2.13. The lowest BCUT2D eigenvalue weighted by molar-refractivity contribution is -0.138. The maximum Gasteiger partial charge on any atom is 0.335 e. The van der Waals surface area contributed by atoms with Crippen LogP contribution in [0.25, 0.3) is 0 Å². The average molecular weight is 213 g/mol. The molecule has 0 saturated carbocycles. The topological polar surface area (TPSA) is 46.6 Å². The van der Waals surface area contributed by atoms with Gasteiger partial charge in [0.1, 0.15) is 0 Å². The molecule has 0 aromatic rings. The first-order chi connectivity index (χ1) is 6.95. The molecule has 0 heterocycles. The van der Waals surface area contributed by atoms with Gasteiger partial charge in [-0.15, -0.1) is 0 Å². The molecule has 0 aromatic carbocycles. The molecule has 0 bridgehead atoms. The van der Waals surface area contributed by atoms with Crippen molar-refractivity contribution in [1.82, 2.24) is 4.90 Å². The average Bonchev–Trinajstić information content (AvgIpc) is 2.17. The molecule has 0 rings (SSSR count). The standard InChI is InChI=1S/C11H19NO3/c1-6-10(11(14)15-7-2)8(3)12(5)9(4)13/h6-7H2,1-5H3/b10-8-. The van der Waals surface area contributed by atoms with Gasteiger partial charge in [0.25, 0.3) is 0 Å². The molecule has 4 heteroatoms. The van der Waals surface area contributed by atoms with E-state index < -0.39 is 0 Å². The third kappa shape index (κ3) is 3.73. The number of carbonyl (C=O) groups excluding carboxylic acids is 2. The van der Waals surface area contributed by atoms with Crippen molar-refractivity contribution in [3.05, 3.63) is 11.3 Å². The van der Waals surface area contributed by atoms with Gasteiger partial charge >= 0.3 is 5.97 Å². The summed E-state index contributed by atoms with van der Waals surface area (Å²) in [7, 11) is 1.65. The summed E-state index contributed by atoms with van der Waals surface area (Å²) in [4.78, 5) is 24.1.